The molecular weight excluding hydrogens is 875 g/mol. The molecule has 0 bridgehead atoms. The predicted octanol–water partition coefficient (Wildman–Crippen LogP) is 14.0. The van der Waals surface area contributed by atoms with Crippen molar-refractivity contribution in [2.45, 2.75) is 85.9 Å². The molecule has 0 aliphatic heterocycles. The predicted molar refractivity (Wildman–Crippen MR) is 233 cm³/mol. The summed E-state index contributed by atoms with van der Waals surface area (Å²) in [5.74, 6) is 0. The maximum Gasteiger partial charge on any atom is 0.128 e. The summed E-state index contributed by atoms with van der Waals surface area (Å²) < 4.78 is 44.9. The summed E-state index contributed by atoms with van der Waals surface area (Å²) >= 11 is 0. The van der Waals surface area contributed by atoms with E-state index in [-0.39, 0.29) is 31.2 Å². The molecule has 0 unspecified atom stereocenters. The molecule has 1 saturated carbocycles. The Morgan fingerprint density at radius 2 is 1.53 bits per heavy atom. The number of hydrogen-bond acceptors (Lipinski definition) is 4. The number of aryl methyl sites for hydroxylation is 1. The van der Waals surface area contributed by atoms with E-state index >= 15 is 0 Å². The summed E-state index contributed by atoms with van der Waals surface area (Å²) in [5, 5.41) is 4.53. The van der Waals surface area contributed by atoms with Crippen molar-refractivity contribution in [1.29, 1.82) is 0 Å². The van der Waals surface area contributed by atoms with Gasteiger partial charge in [0.2, 0.25) is 0 Å². The van der Waals surface area contributed by atoms with E-state index in [9.17, 15) is 0 Å². The monoisotopic (exact) mass is 931 g/mol. The van der Waals surface area contributed by atoms with Crippen molar-refractivity contribution in [2.24, 2.45) is 10.8 Å². The number of benzene rings is 4. The van der Waals surface area contributed by atoms with Crippen LogP contribution in [0.4, 0.5) is 0 Å². The molecule has 5 heteroatoms. The summed E-state index contributed by atoms with van der Waals surface area (Å²) in [5.41, 5.74) is 9.19. The zero-order valence-electron chi connectivity index (χ0n) is 38.5. The van der Waals surface area contributed by atoms with E-state index in [1.54, 1.807) is 18.2 Å². The normalized spacial score (nSPS) is 16.6. The van der Waals surface area contributed by atoms with Crippen LogP contribution in [0.25, 0.3) is 66.4 Å². The first kappa shape index (κ1) is 34.1. The molecule has 0 spiro atoms. The van der Waals surface area contributed by atoms with Gasteiger partial charge in [0.05, 0.1) is 5.58 Å². The molecule has 1 radical (unpaired) electrons. The van der Waals surface area contributed by atoms with Gasteiger partial charge in [0, 0.05) is 50.1 Å². The quantitative estimate of drug-likeness (QED) is 0.161. The minimum absolute atomic E-state index is 0. The number of nitrogens with zero attached hydrogens (tertiary/aromatic N) is 3. The molecule has 8 aromatic rings. The first-order valence-electron chi connectivity index (χ1n) is 22.0. The Morgan fingerprint density at radius 3 is 2.23 bits per heavy atom. The van der Waals surface area contributed by atoms with Gasteiger partial charge >= 0.3 is 0 Å². The Balaban J connectivity index is 0.000000208. The molecule has 291 valence electrons. The van der Waals surface area contributed by atoms with Gasteiger partial charge in [-0.2, -0.15) is 0 Å². The Bertz CT molecular complexity index is 2830. The Labute approximate surface area is 358 Å². The van der Waals surface area contributed by atoms with Crippen LogP contribution in [0.1, 0.15) is 90.9 Å². The fraction of sp³-hybridized carbons (Fsp3) is 0.288. The summed E-state index contributed by atoms with van der Waals surface area (Å²) in [4.78, 5) is 12.8. The molecule has 1 aliphatic carbocycles. The average molecular weight is 931 g/mol. The van der Waals surface area contributed by atoms with Gasteiger partial charge in [-0.1, -0.05) is 138 Å². The van der Waals surface area contributed by atoms with Gasteiger partial charge in [0.25, 0.3) is 0 Å². The first-order valence-corrected chi connectivity index (χ1v) is 19.5. The minimum Gasteiger partial charge on any atom is -0.500 e. The fourth-order valence-electron chi connectivity index (χ4n) is 7.80. The van der Waals surface area contributed by atoms with Crippen molar-refractivity contribution in [3.05, 3.63) is 151 Å². The van der Waals surface area contributed by atoms with Gasteiger partial charge in [0.1, 0.15) is 5.58 Å². The average Bonchev–Trinajstić information content (AvgIpc) is 3.64. The van der Waals surface area contributed by atoms with Crippen LogP contribution in [0.15, 0.2) is 126 Å². The Hall–Kier alpha value is -4.96. The number of rotatable bonds is 5. The number of furan rings is 1. The second kappa shape index (κ2) is 16.1. The van der Waals surface area contributed by atoms with Crippen molar-refractivity contribution >= 4 is 32.7 Å². The van der Waals surface area contributed by atoms with Gasteiger partial charge in [-0.3, -0.25) is 0 Å². The van der Waals surface area contributed by atoms with Crippen LogP contribution < -0.4 is 0 Å². The van der Waals surface area contributed by atoms with Crippen LogP contribution in [0.3, 0.4) is 0 Å². The summed E-state index contributed by atoms with van der Waals surface area (Å²) in [6.45, 7) is 10.5. The van der Waals surface area contributed by atoms with Crippen molar-refractivity contribution in [2.75, 3.05) is 0 Å². The van der Waals surface area contributed by atoms with E-state index in [4.69, 9.17) is 16.3 Å². The topological polar surface area (TPSA) is 51.8 Å². The molecule has 4 aromatic heterocycles. The van der Waals surface area contributed by atoms with Gasteiger partial charge < -0.3 is 19.4 Å². The van der Waals surface area contributed by atoms with Crippen LogP contribution in [-0.4, -0.2) is 15.0 Å². The van der Waals surface area contributed by atoms with Gasteiger partial charge in [0.15, 0.2) is 0 Å². The van der Waals surface area contributed by atoms with Crippen molar-refractivity contribution in [3.8, 4) is 33.6 Å². The molecule has 0 atom stereocenters. The smallest absolute Gasteiger partial charge is 0.128 e. The molecule has 4 nitrogen and oxygen atoms in total. The molecule has 4 aromatic carbocycles. The Kier molecular flexibility index (Phi) is 9.65. The number of pyridine rings is 3. The maximum atomic E-state index is 8.23. The van der Waals surface area contributed by atoms with Crippen LogP contribution in [-0.2, 0) is 31.9 Å². The van der Waals surface area contributed by atoms with Crippen LogP contribution >= 0.6 is 0 Å². The third kappa shape index (κ3) is 8.81. The zero-order chi connectivity index (χ0) is 43.4. The first-order chi connectivity index (χ1) is 28.8. The summed E-state index contributed by atoms with van der Waals surface area (Å²) in [6.07, 6.45) is 9.67. The zero-order valence-corrected chi connectivity index (χ0v) is 35.9. The molecule has 9 rings (SSSR count). The van der Waals surface area contributed by atoms with Gasteiger partial charge in [-0.15, -0.1) is 35.9 Å². The van der Waals surface area contributed by atoms with E-state index in [0.717, 1.165) is 44.1 Å². The van der Waals surface area contributed by atoms with E-state index < -0.39 is 18.6 Å². The fourth-order valence-corrected chi connectivity index (χ4v) is 7.80. The second-order valence-electron chi connectivity index (χ2n) is 17.3. The number of fused-ring (bicyclic) bond motifs is 5. The van der Waals surface area contributed by atoms with Crippen molar-refractivity contribution in [3.63, 3.8) is 0 Å². The van der Waals surface area contributed by atoms with Gasteiger partial charge in [-0.25, -0.2) is 0 Å². The van der Waals surface area contributed by atoms with E-state index in [0.29, 0.717) is 22.2 Å². The van der Waals surface area contributed by atoms with Crippen LogP contribution in [0.2, 0.25) is 0 Å². The molecular formula is C52H51IrN3O-2. The van der Waals surface area contributed by atoms with E-state index in [1.165, 1.54) is 54.5 Å². The third-order valence-electron chi connectivity index (χ3n) is 11.2. The van der Waals surface area contributed by atoms with E-state index in [2.05, 4.69) is 122 Å². The van der Waals surface area contributed by atoms with Crippen molar-refractivity contribution < 1.29 is 31.4 Å². The van der Waals surface area contributed by atoms with Crippen LogP contribution in [0.5, 0.6) is 0 Å². The molecule has 4 heterocycles. The van der Waals surface area contributed by atoms with Gasteiger partial charge in [-0.05, 0) is 105 Å². The number of hydrogen-bond donors (Lipinski definition) is 0. The molecule has 1 aliphatic rings. The molecule has 57 heavy (non-hydrogen) atoms. The standard InChI is InChI=1S/C36H32NO.C16H19N2.Ir/c1-35(2)18-20-36(3,21-19-35)27-14-11-24(12-15-27)26-17-22-37-32(23-26)31-10-6-9-29-30-16-13-25-7-4-5-8-28(25)33(30)38-34(29)31;1-12-5-7-14(11-17-12)15-8-6-13(10-18-15)9-16(2,3)4;/h4-9,11-17,22-23H,18-21H2,1-3H3;5-8,10H,9H2,1-4H3;/q2*-1;/i;1D3,9D2;. The molecule has 0 amide bonds. The van der Waals surface area contributed by atoms with E-state index in [1.807, 2.05) is 33.0 Å². The second-order valence-corrected chi connectivity index (χ2v) is 17.3. The largest absolute Gasteiger partial charge is 0.500 e. The minimum atomic E-state index is -2.25. The maximum absolute atomic E-state index is 8.23. The third-order valence-corrected chi connectivity index (χ3v) is 11.2. The summed E-state index contributed by atoms with van der Waals surface area (Å²) in [7, 11) is 0. The van der Waals surface area contributed by atoms with Crippen molar-refractivity contribution in [1.82, 2.24) is 15.0 Å². The number of aromatic nitrogens is 3. The SMILES string of the molecule is CC1(C)CCC(C)(c2ccc(-c3ccnc(-c4[c-]ccc5c4oc4c6ccccc6ccc54)c3)cc2)CC1.[2H]C([2H])([2H])c1ccc(-c2ccc(C([2H])([2H])C(C)(C)C)cn2)[c-]n1.[Ir]. The molecule has 0 saturated heterocycles. The van der Waals surface area contributed by atoms with Crippen LogP contribution in [0, 0.1) is 29.9 Å². The summed E-state index contributed by atoms with van der Waals surface area (Å²) in [6, 6.07) is 40.1. The molecule has 1 fully saturated rings. The Morgan fingerprint density at radius 1 is 0.754 bits per heavy atom. The molecule has 0 N–H and O–H groups in total.